The molecule has 0 atom stereocenters. The zero-order valence-corrected chi connectivity index (χ0v) is 14.3. The molecule has 0 bridgehead atoms. The lowest BCUT2D eigenvalue weighted by atomic mass is 10.3. The Kier molecular flexibility index (Phi) is 4.31. The molecule has 0 spiro atoms. The standard InChI is InChI=1S/C15H14F7N3S/c1-25(2)13-7-3-11(4-8-13)23-24-12-5-9-14(10-6-12)26(19,20,21,22)15(16,17)18/h3-10H,1-2H3. The summed E-state index contributed by atoms with van der Waals surface area (Å²) in [6.45, 7) is 0. The number of rotatable bonds is 4. The normalized spacial score (nSPS) is 15.6. The Labute approximate surface area is 144 Å². The molecule has 2 rings (SSSR count). The molecule has 0 heterocycles. The Morgan fingerprint density at radius 1 is 0.731 bits per heavy atom. The number of alkyl halides is 3. The van der Waals surface area contributed by atoms with E-state index in [9.17, 15) is 28.7 Å². The molecule has 11 heteroatoms. The van der Waals surface area contributed by atoms with Gasteiger partial charge in [-0.3, -0.25) is 0 Å². The van der Waals surface area contributed by atoms with Crippen molar-refractivity contribution in [2.24, 2.45) is 10.2 Å². The third-order valence-corrected chi connectivity index (χ3v) is 5.58. The van der Waals surface area contributed by atoms with Gasteiger partial charge in [-0.25, -0.2) is 0 Å². The average molecular weight is 401 g/mol. The van der Waals surface area contributed by atoms with Gasteiger partial charge in [-0.15, -0.1) is 15.5 Å². The second kappa shape index (κ2) is 5.60. The molecule has 0 saturated carbocycles. The highest BCUT2D eigenvalue weighted by molar-refractivity contribution is 8.50. The number of anilines is 1. The largest absolute Gasteiger partial charge is 0.510 e. The van der Waals surface area contributed by atoms with Gasteiger partial charge in [0.1, 0.15) is 0 Å². The van der Waals surface area contributed by atoms with Gasteiger partial charge in [0, 0.05) is 19.8 Å². The molecular formula is C15H14F7N3S. The molecular weight excluding hydrogens is 387 g/mol. The molecule has 0 fully saturated rings. The van der Waals surface area contributed by atoms with Crippen LogP contribution in [0.25, 0.3) is 0 Å². The molecule has 0 saturated heterocycles. The Bertz CT molecular complexity index is 822. The van der Waals surface area contributed by atoms with E-state index in [-0.39, 0.29) is 17.8 Å². The van der Waals surface area contributed by atoms with E-state index in [2.05, 4.69) is 10.2 Å². The lowest BCUT2D eigenvalue weighted by Gasteiger charge is -2.50. The Morgan fingerprint density at radius 2 is 1.12 bits per heavy atom. The van der Waals surface area contributed by atoms with Crippen molar-refractivity contribution in [3.05, 3.63) is 48.5 Å². The summed E-state index contributed by atoms with van der Waals surface area (Å²) in [5.41, 5.74) is -5.86. The zero-order chi connectivity index (χ0) is 19.9. The summed E-state index contributed by atoms with van der Waals surface area (Å²) in [4.78, 5) is -0.546. The molecule has 0 N–H and O–H groups in total. The van der Waals surface area contributed by atoms with Crippen molar-refractivity contribution in [3.63, 3.8) is 0 Å². The summed E-state index contributed by atoms with van der Waals surface area (Å²) < 4.78 is 90.4. The van der Waals surface area contributed by atoms with Gasteiger partial charge < -0.3 is 4.90 Å². The van der Waals surface area contributed by atoms with E-state index < -0.39 is 20.2 Å². The third kappa shape index (κ3) is 3.48. The van der Waals surface area contributed by atoms with Crippen molar-refractivity contribution < 1.29 is 28.7 Å². The Hall–Kier alpha value is -2.30. The van der Waals surface area contributed by atoms with Gasteiger partial charge in [-0.05, 0) is 48.5 Å². The molecule has 0 radical (unpaired) electrons. The number of nitrogens with zero attached hydrogens (tertiary/aromatic N) is 3. The number of benzene rings is 2. The summed E-state index contributed by atoms with van der Waals surface area (Å²) in [5.74, 6) is 0. The van der Waals surface area contributed by atoms with E-state index in [0.717, 1.165) is 5.69 Å². The molecule has 2 aromatic rings. The highest BCUT2D eigenvalue weighted by atomic mass is 32.5. The minimum Gasteiger partial charge on any atom is -0.378 e. The molecule has 0 aliphatic heterocycles. The topological polar surface area (TPSA) is 28.0 Å². The molecule has 0 aliphatic rings. The van der Waals surface area contributed by atoms with Crippen LogP contribution in [0, 0.1) is 0 Å². The fourth-order valence-corrected chi connectivity index (χ4v) is 2.80. The first-order valence-electron chi connectivity index (χ1n) is 7.00. The van der Waals surface area contributed by atoms with Crippen LogP contribution in [-0.4, -0.2) is 19.6 Å². The maximum absolute atomic E-state index is 13.3. The smallest absolute Gasteiger partial charge is 0.378 e. The Morgan fingerprint density at radius 3 is 1.46 bits per heavy atom. The predicted molar refractivity (Wildman–Crippen MR) is 87.7 cm³/mol. The summed E-state index contributed by atoms with van der Waals surface area (Å²) in [5, 5.41) is 7.41. The first-order chi connectivity index (χ1) is 11.6. The Balaban J connectivity index is 2.28. The number of hydrogen-bond donors (Lipinski definition) is 0. The molecule has 0 amide bonds. The van der Waals surface area contributed by atoms with Gasteiger partial charge in [0.05, 0.1) is 16.3 Å². The highest BCUT2D eigenvalue weighted by Gasteiger charge is 2.84. The van der Waals surface area contributed by atoms with Crippen LogP contribution in [0.1, 0.15) is 0 Å². The lowest BCUT2D eigenvalue weighted by Crippen LogP contribution is -2.32. The predicted octanol–water partition coefficient (Wildman–Crippen LogP) is 7.46. The van der Waals surface area contributed by atoms with Crippen molar-refractivity contribution in [3.8, 4) is 0 Å². The van der Waals surface area contributed by atoms with Crippen LogP contribution >= 0.6 is 9.84 Å². The number of hydrogen-bond acceptors (Lipinski definition) is 3. The molecule has 0 aliphatic carbocycles. The average Bonchev–Trinajstić information content (AvgIpc) is 2.51. The van der Waals surface area contributed by atoms with E-state index in [4.69, 9.17) is 0 Å². The fraction of sp³-hybridized carbons (Fsp3) is 0.200. The van der Waals surface area contributed by atoms with Crippen molar-refractivity contribution in [1.82, 2.24) is 0 Å². The molecule has 144 valence electrons. The number of halogens is 7. The third-order valence-electron chi connectivity index (χ3n) is 3.42. The van der Waals surface area contributed by atoms with Gasteiger partial charge in [0.25, 0.3) is 9.84 Å². The van der Waals surface area contributed by atoms with Crippen LogP contribution in [0.3, 0.4) is 0 Å². The minimum absolute atomic E-state index is 0.0124. The SMILES string of the molecule is CN(C)c1ccc(N=Nc2ccc(S(F)(F)(F)(F)C(F)(F)F)cc2)cc1. The molecule has 3 nitrogen and oxygen atoms in total. The quantitative estimate of drug-likeness (QED) is 0.386. The summed E-state index contributed by atoms with van der Waals surface area (Å²) in [6, 6.07) is 7.93. The van der Waals surface area contributed by atoms with Crippen LogP contribution in [0.4, 0.5) is 45.8 Å². The van der Waals surface area contributed by atoms with Crippen molar-refractivity contribution in [2.45, 2.75) is 10.4 Å². The first-order valence-corrected chi connectivity index (χ1v) is 9.05. The van der Waals surface area contributed by atoms with E-state index in [1.807, 2.05) is 19.0 Å². The van der Waals surface area contributed by atoms with Gasteiger partial charge in [0.15, 0.2) is 0 Å². The molecule has 0 aromatic heterocycles. The van der Waals surface area contributed by atoms with Gasteiger partial charge in [0.2, 0.25) is 0 Å². The second-order valence-corrected chi connectivity index (χ2v) is 8.69. The van der Waals surface area contributed by atoms with Crippen LogP contribution in [0.15, 0.2) is 63.7 Å². The summed E-state index contributed by atoms with van der Waals surface area (Å²) in [6.07, 6.45) is 0. The van der Waals surface area contributed by atoms with E-state index in [0.29, 0.717) is 17.8 Å². The maximum atomic E-state index is 13.3. The van der Waals surface area contributed by atoms with Crippen molar-refractivity contribution in [1.29, 1.82) is 0 Å². The van der Waals surface area contributed by atoms with E-state index in [1.54, 1.807) is 24.3 Å². The van der Waals surface area contributed by atoms with Crippen LogP contribution in [-0.2, 0) is 0 Å². The van der Waals surface area contributed by atoms with Crippen molar-refractivity contribution in [2.75, 3.05) is 19.0 Å². The van der Waals surface area contributed by atoms with Crippen LogP contribution < -0.4 is 4.90 Å². The molecule has 2 aromatic carbocycles. The number of azo groups is 1. The van der Waals surface area contributed by atoms with E-state index in [1.165, 1.54) is 0 Å². The summed E-state index contributed by atoms with van der Waals surface area (Å²) >= 11 is 0. The van der Waals surface area contributed by atoms with Crippen LogP contribution in [0.5, 0.6) is 0 Å². The second-order valence-electron chi connectivity index (χ2n) is 5.62. The monoisotopic (exact) mass is 401 g/mol. The van der Waals surface area contributed by atoms with Gasteiger partial charge >= 0.3 is 5.51 Å². The van der Waals surface area contributed by atoms with Crippen LogP contribution in [0.2, 0.25) is 0 Å². The summed E-state index contributed by atoms with van der Waals surface area (Å²) in [7, 11) is -6.76. The van der Waals surface area contributed by atoms with E-state index >= 15 is 0 Å². The zero-order valence-electron chi connectivity index (χ0n) is 13.5. The minimum atomic E-state index is -10.4. The molecule has 26 heavy (non-hydrogen) atoms. The highest BCUT2D eigenvalue weighted by Crippen LogP contribution is 3.06. The molecule has 0 unspecified atom stereocenters. The van der Waals surface area contributed by atoms with Gasteiger partial charge in [-0.1, -0.05) is 0 Å². The van der Waals surface area contributed by atoms with Crippen molar-refractivity contribution >= 4 is 26.9 Å². The fourth-order valence-electron chi connectivity index (χ4n) is 1.85. The maximum Gasteiger partial charge on any atom is 0.510 e. The van der Waals surface area contributed by atoms with Gasteiger partial charge in [-0.2, -0.15) is 23.4 Å². The lowest BCUT2D eigenvalue weighted by molar-refractivity contribution is -0.0709. The first kappa shape index (κ1) is 20.0.